The summed E-state index contributed by atoms with van der Waals surface area (Å²) in [5, 5.41) is 6.44. The number of hydrogen-bond acceptors (Lipinski definition) is 4. The lowest BCUT2D eigenvalue weighted by molar-refractivity contribution is -0.0504. The molecule has 2 aromatic rings. The molecule has 2 rings (SSSR count). The maximum Gasteiger partial charge on any atom is 0.387 e. The predicted octanol–water partition coefficient (Wildman–Crippen LogP) is 3.83. The molecular formula is C18H21ClF2IN3O3S. The molecule has 0 heterocycles. The predicted molar refractivity (Wildman–Crippen MR) is 120 cm³/mol. The molecular weight excluding hydrogens is 539 g/mol. The van der Waals surface area contributed by atoms with Crippen molar-refractivity contribution in [2.75, 3.05) is 13.3 Å². The van der Waals surface area contributed by atoms with E-state index in [0.717, 1.165) is 11.8 Å². The molecule has 0 aliphatic carbocycles. The molecule has 2 aromatic carbocycles. The molecule has 0 amide bonds. The van der Waals surface area contributed by atoms with Crippen molar-refractivity contribution in [2.24, 2.45) is 4.99 Å². The van der Waals surface area contributed by atoms with Gasteiger partial charge in [0.25, 0.3) is 0 Å². The molecule has 2 N–H and O–H groups in total. The summed E-state index contributed by atoms with van der Waals surface area (Å²) in [4.78, 5) is 4.31. The molecule has 6 nitrogen and oxygen atoms in total. The number of aliphatic imine (C=N–C) groups is 1. The van der Waals surface area contributed by atoms with Gasteiger partial charge in [0.05, 0.1) is 4.90 Å². The number of sulfone groups is 1. The third kappa shape index (κ3) is 8.31. The highest BCUT2D eigenvalue weighted by Crippen LogP contribution is 2.24. The first-order chi connectivity index (χ1) is 13.2. The Hall–Kier alpha value is -1.66. The summed E-state index contributed by atoms with van der Waals surface area (Å²) < 4.78 is 52.5. The van der Waals surface area contributed by atoms with Crippen LogP contribution in [-0.2, 0) is 22.9 Å². The summed E-state index contributed by atoms with van der Waals surface area (Å²) in [7, 11) is -1.68. The molecule has 0 bridgehead atoms. The highest BCUT2D eigenvalue weighted by atomic mass is 127. The molecule has 29 heavy (non-hydrogen) atoms. The van der Waals surface area contributed by atoms with Gasteiger partial charge in [-0.05, 0) is 35.9 Å². The van der Waals surface area contributed by atoms with Crippen molar-refractivity contribution in [1.29, 1.82) is 0 Å². The Morgan fingerprint density at radius 1 is 1.14 bits per heavy atom. The van der Waals surface area contributed by atoms with Crippen LogP contribution in [0, 0.1) is 0 Å². The standard InChI is InChI=1S/C18H20ClF2N3O3S.HI/c1-22-18(23-10-12-3-6-15(7-4-12)28(2,25)26)24-11-13-9-14(19)5-8-16(13)27-17(20)21;/h3-9,17H,10-11H2,1-2H3,(H2,22,23,24);1H. The lowest BCUT2D eigenvalue weighted by Gasteiger charge is -2.15. The molecule has 160 valence electrons. The fourth-order valence-electron chi connectivity index (χ4n) is 2.34. The topological polar surface area (TPSA) is 79.8 Å². The maximum atomic E-state index is 12.5. The molecule has 0 saturated carbocycles. The van der Waals surface area contributed by atoms with E-state index >= 15 is 0 Å². The number of nitrogens with zero attached hydrogens (tertiary/aromatic N) is 1. The molecule has 0 atom stereocenters. The summed E-state index contributed by atoms with van der Waals surface area (Å²) in [5.74, 6) is 0.453. The SMILES string of the molecule is CN=C(NCc1ccc(S(C)(=O)=O)cc1)NCc1cc(Cl)ccc1OC(F)F.I. The van der Waals surface area contributed by atoms with E-state index in [1.54, 1.807) is 19.2 Å². The second kappa shape index (κ2) is 11.5. The molecule has 0 aliphatic rings. The van der Waals surface area contributed by atoms with Crippen molar-refractivity contribution in [2.45, 2.75) is 24.6 Å². The van der Waals surface area contributed by atoms with Gasteiger partial charge in [-0.15, -0.1) is 24.0 Å². The number of benzene rings is 2. The van der Waals surface area contributed by atoms with Gasteiger partial charge >= 0.3 is 6.61 Å². The molecule has 0 fully saturated rings. The molecule has 0 saturated heterocycles. The first-order valence-electron chi connectivity index (χ1n) is 8.16. The van der Waals surface area contributed by atoms with Crippen LogP contribution >= 0.6 is 35.6 Å². The van der Waals surface area contributed by atoms with Gasteiger partial charge in [-0.25, -0.2) is 8.42 Å². The number of halogens is 4. The Labute approximate surface area is 190 Å². The van der Waals surface area contributed by atoms with E-state index in [1.807, 2.05) is 0 Å². The zero-order chi connectivity index (χ0) is 20.7. The van der Waals surface area contributed by atoms with Crippen molar-refractivity contribution in [3.8, 4) is 5.75 Å². The van der Waals surface area contributed by atoms with Crippen LogP contribution in [0.2, 0.25) is 5.02 Å². The third-order valence-electron chi connectivity index (χ3n) is 3.72. The first kappa shape index (κ1) is 25.4. The van der Waals surface area contributed by atoms with Crippen molar-refractivity contribution >= 4 is 51.4 Å². The highest BCUT2D eigenvalue weighted by Gasteiger charge is 2.11. The van der Waals surface area contributed by atoms with Gasteiger partial charge in [0.15, 0.2) is 15.8 Å². The largest absolute Gasteiger partial charge is 0.434 e. The van der Waals surface area contributed by atoms with Crippen LogP contribution in [0.1, 0.15) is 11.1 Å². The van der Waals surface area contributed by atoms with Crippen LogP contribution in [-0.4, -0.2) is 34.3 Å². The van der Waals surface area contributed by atoms with Crippen LogP contribution in [0.15, 0.2) is 52.4 Å². The number of ether oxygens (including phenoxy) is 1. The van der Waals surface area contributed by atoms with Crippen LogP contribution < -0.4 is 15.4 Å². The average molecular weight is 560 g/mol. The van der Waals surface area contributed by atoms with Crippen LogP contribution in [0.25, 0.3) is 0 Å². The molecule has 0 aromatic heterocycles. The molecule has 0 aliphatic heterocycles. The minimum Gasteiger partial charge on any atom is -0.434 e. The van der Waals surface area contributed by atoms with Gasteiger partial charge < -0.3 is 15.4 Å². The van der Waals surface area contributed by atoms with Gasteiger partial charge in [-0.3, -0.25) is 4.99 Å². The Morgan fingerprint density at radius 2 is 1.76 bits per heavy atom. The lowest BCUT2D eigenvalue weighted by atomic mass is 10.2. The zero-order valence-electron chi connectivity index (χ0n) is 15.7. The highest BCUT2D eigenvalue weighted by molar-refractivity contribution is 14.0. The van der Waals surface area contributed by atoms with Gasteiger partial charge in [0, 0.05) is 37.0 Å². The van der Waals surface area contributed by atoms with Crippen molar-refractivity contribution in [3.63, 3.8) is 0 Å². The van der Waals surface area contributed by atoms with E-state index < -0.39 is 16.4 Å². The quantitative estimate of drug-likeness (QED) is 0.306. The van der Waals surface area contributed by atoms with E-state index in [2.05, 4.69) is 20.4 Å². The van der Waals surface area contributed by atoms with Crippen molar-refractivity contribution in [3.05, 3.63) is 58.6 Å². The lowest BCUT2D eigenvalue weighted by Crippen LogP contribution is -2.36. The number of alkyl halides is 2. The summed E-state index contributed by atoms with van der Waals surface area (Å²) >= 11 is 5.93. The number of hydrogen-bond donors (Lipinski definition) is 2. The van der Waals surface area contributed by atoms with Gasteiger partial charge in [-0.1, -0.05) is 23.7 Å². The Bertz CT molecular complexity index is 942. The monoisotopic (exact) mass is 559 g/mol. The number of nitrogens with one attached hydrogen (secondary N) is 2. The summed E-state index contributed by atoms with van der Waals surface area (Å²) in [5.41, 5.74) is 1.30. The number of guanidine groups is 1. The van der Waals surface area contributed by atoms with E-state index in [4.69, 9.17) is 11.6 Å². The van der Waals surface area contributed by atoms with E-state index in [1.165, 1.54) is 30.3 Å². The van der Waals surface area contributed by atoms with E-state index in [9.17, 15) is 17.2 Å². The van der Waals surface area contributed by atoms with Crippen molar-refractivity contribution in [1.82, 2.24) is 10.6 Å². The Morgan fingerprint density at radius 3 is 2.31 bits per heavy atom. The fraction of sp³-hybridized carbons (Fsp3) is 0.278. The smallest absolute Gasteiger partial charge is 0.387 e. The van der Waals surface area contributed by atoms with Gasteiger partial charge in [-0.2, -0.15) is 8.78 Å². The number of rotatable bonds is 7. The zero-order valence-corrected chi connectivity index (χ0v) is 19.6. The van der Waals surface area contributed by atoms with Crippen LogP contribution in [0.3, 0.4) is 0 Å². The third-order valence-corrected chi connectivity index (χ3v) is 5.08. The minimum absolute atomic E-state index is 0. The Balaban J connectivity index is 0.00000420. The van der Waals surface area contributed by atoms with Crippen molar-refractivity contribution < 1.29 is 21.9 Å². The molecule has 11 heteroatoms. The fourth-order valence-corrected chi connectivity index (χ4v) is 3.16. The second-order valence-corrected chi connectivity index (χ2v) is 8.28. The van der Waals surface area contributed by atoms with E-state index in [-0.39, 0.29) is 41.2 Å². The van der Waals surface area contributed by atoms with Gasteiger partial charge in [0.1, 0.15) is 5.75 Å². The minimum atomic E-state index is -3.24. The summed E-state index contributed by atoms with van der Waals surface area (Å²) in [6, 6.07) is 10.8. The molecule has 0 spiro atoms. The molecule has 0 unspecified atom stereocenters. The van der Waals surface area contributed by atoms with Gasteiger partial charge in [0.2, 0.25) is 0 Å². The normalized spacial score (nSPS) is 11.7. The summed E-state index contributed by atoms with van der Waals surface area (Å²) in [6.07, 6.45) is 1.15. The van der Waals surface area contributed by atoms with E-state index in [0.29, 0.717) is 23.1 Å². The second-order valence-electron chi connectivity index (χ2n) is 5.83. The average Bonchev–Trinajstić information content (AvgIpc) is 2.63. The Kier molecular flexibility index (Phi) is 10.1. The maximum absolute atomic E-state index is 12.5. The molecule has 0 radical (unpaired) electrons. The van der Waals surface area contributed by atoms with Crippen LogP contribution in [0.4, 0.5) is 8.78 Å². The van der Waals surface area contributed by atoms with Crippen LogP contribution in [0.5, 0.6) is 5.75 Å². The first-order valence-corrected chi connectivity index (χ1v) is 10.4. The summed E-state index contributed by atoms with van der Waals surface area (Å²) in [6.45, 7) is -2.39.